The Hall–Kier alpha value is -3.09. The first-order valence-corrected chi connectivity index (χ1v) is 7.49. The van der Waals surface area contributed by atoms with Gasteiger partial charge >= 0.3 is 12.0 Å². The predicted octanol–water partition coefficient (Wildman–Crippen LogP) is 2.27. The Bertz CT molecular complexity index is 776. The standard InChI is InChI=1S/C17H20N4O3/c1-4-24-16(22)13-5-7-15(8-6-13)21-11(2)9-14(12(21)3)10-19-20-17(18)23/h5-10H,4H2,1-3H3,(H3,18,20,23)/b19-10+. The Morgan fingerprint density at radius 3 is 2.54 bits per heavy atom. The number of primary amides is 1. The van der Waals surface area contributed by atoms with Crippen LogP contribution in [0.1, 0.15) is 34.2 Å². The minimum absolute atomic E-state index is 0.338. The number of benzene rings is 1. The molecular formula is C17H20N4O3. The number of ether oxygens (including phenoxy) is 1. The fourth-order valence-corrected chi connectivity index (χ4v) is 2.44. The molecule has 0 saturated carbocycles. The van der Waals surface area contributed by atoms with Gasteiger partial charge in [-0.1, -0.05) is 0 Å². The molecule has 24 heavy (non-hydrogen) atoms. The van der Waals surface area contributed by atoms with E-state index in [1.807, 2.05) is 36.6 Å². The summed E-state index contributed by atoms with van der Waals surface area (Å²) in [6.07, 6.45) is 1.54. The van der Waals surface area contributed by atoms with E-state index < -0.39 is 6.03 Å². The third-order valence-corrected chi connectivity index (χ3v) is 3.49. The second kappa shape index (κ2) is 7.45. The summed E-state index contributed by atoms with van der Waals surface area (Å²) in [7, 11) is 0. The molecule has 1 aromatic heterocycles. The number of nitrogens with zero attached hydrogens (tertiary/aromatic N) is 2. The average Bonchev–Trinajstić information content (AvgIpc) is 2.82. The van der Waals surface area contributed by atoms with Crippen LogP contribution in [0.4, 0.5) is 4.79 Å². The van der Waals surface area contributed by atoms with Gasteiger partial charge in [0.05, 0.1) is 18.4 Å². The third kappa shape index (κ3) is 3.81. The van der Waals surface area contributed by atoms with Crippen molar-refractivity contribution in [2.75, 3.05) is 6.61 Å². The fraction of sp³-hybridized carbons (Fsp3) is 0.235. The molecule has 0 unspecified atom stereocenters. The Morgan fingerprint density at radius 2 is 1.96 bits per heavy atom. The number of nitrogens with one attached hydrogen (secondary N) is 1. The molecule has 0 spiro atoms. The second-order valence-electron chi connectivity index (χ2n) is 5.16. The van der Waals surface area contributed by atoms with E-state index in [2.05, 4.69) is 10.5 Å². The number of urea groups is 1. The van der Waals surface area contributed by atoms with E-state index in [9.17, 15) is 9.59 Å². The highest BCUT2D eigenvalue weighted by molar-refractivity contribution is 5.89. The lowest BCUT2D eigenvalue weighted by Crippen LogP contribution is -2.24. The zero-order valence-electron chi connectivity index (χ0n) is 13.9. The number of rotatable bonds is 5. The summed E-state index contributed by atoms with van der Waals surface area (Å²) in [6, 6.07) is 8.41. The molecule has 0 aliphatic rings. The van der Waals surface area contributed by atoms with Crippen molar-refractivity contribution in [3.05, 3.63) is 52.8 Å². The van der Waals surface area contributed by atoms with Crippen LogP contribution in [-0.2, 0) is 4.74 Å². The van der Waals surface area contributed by atoms with Crippen LogP contribution in [0.3, 0.4) is 0 Å². The van der Waals surface area contributed by atoms with E-state index in [1.54, 1.807) is 19.1 Å². The SMILES string of the molecule is CCOC(=O)c1ccc(-n2c(C)cc(/C=N/NC(N)=O)c2C)cc1. The summed E-state index contributed by atoms with van der Waals surface area (Å²) in [6.45, 7) is 6.02. The molecule has 2 aromatic rings. The highest BCUT2D eigenvalue weighted by Gasteiger charge is 2.11. The number of aromatic nitrogens is 1. The van der Waals surface area contributed by atoms with E-state index in [0.717, 1.165) is 22.6 Å². The Morgan fingerprint density at radius 1 is 1.29 bits per heavy atom. The molecule has 0 aliphatic heterocycles. The van der Waals surface area contributed by atoms with Gasteiger partial charge in [-0.05, 0) is 51.1 Å². The number of hydrazone groups is 1. The first-order chi connectivity index (χ1) is 11.4. The number of amides is 2. The van der Waals surface area contributed by atoms with Crippen molar-refractivity contribution in [3.8, 4) is 5.69 Å². The number of hydrogen-bond acceptors (Lipinski definition) is 4. The molecule has 3 N–H and O–H groups in total. The van der Waals surface area contributed by atoms with Crippen molar-refractivity contribution in [2.45, 2.75) is 20.8 Å². The molecule has 0 radical (unpaired) electrons. The number of esters is 1. The molecule has 1 heterocycles. The quantitative estimate of drug-likeness (QED) is 0.500. The Kier molecular flexibility index (Phi) is 5.36. The minimum Gasteiger partial charge on any atom is -0.462 e. The number of hydrogen-bond donors (Lipinski definition) is 2. The van der Waals surface area contributed by atoms with Crippen LogP contribution in [0.15, 0.2) is 35.4 Å². The summed E-state index contributed by atoms with van der Waals surface area (Å²) in [5, 5.41) is 3.78. The summed E-state index contributed by atoms with van der Waals surface area (Å²) in [5.74, 6) is -0.338. The van der Waals surface area contributed by atoms with Gasteiger partial charge in [-0.3, -0.25) is 0 Å². The minimum atomic E-state index is -0.713. The van der Waals surface area contributed by atoms with Crippen molar-refractivity contribution >= 4 is 18.2 Å². The monoisotopic (exact) mass is 328 g/mol. The highest BCUT2D eigenvalue weighted by Crippen LogP contribution is 2.20. The summed E-state index contributed by atoms with van der Waals surface area (Å²) in [4.78, 5) is 22.4. The van der Waals surface area contributed by atoms with Crippen molar-refractivity contribution in [1.82, 2.24) is 9.99 Å². The van der Waals surface area contributed by atoms with Crippen LogP contribution in [-0.4, -0.2) is 29.4 Å². The van der Waals surface area contributed by atoms with E-state index >= 15 is 0 Å². The normalized spacial score (nSPS) is 10.8. The van der Waals surface area contributed by atoms with Gasteiger partial charge in [-0.25, -0.2) is 15.0 Å². The first kappa shape index (κ1) is 17.3. The van der Waals surface area contributed by atoms with Crippen LogP contribution in [0, 0.1) is 13.8 Å². The van der Waals surface area contributed by atoms with Gasteiger partial charge in [-0.15, -0.1) is 0 Å². The number of carbonyl (C=O) groups excluding carboxylic acids is 2. The maximum Gasteiger partial charge on any atom is 0.338 e. The van der Waals surface area contributed by atoms with Gasteiger partial charge in [0.25, 0.3) is 0 Å². The molecule has 126 valence electrons. The molecule has 2 amide bonds. The fourth-order valence-electron chi connectivity index (χ4n) is 2.44. The van der Waals surface area contributed by atoms with Crippen molar-refractivity contribution in [1.29, 1.82) is 0 Å². The molecule has 2 rings (SSSR count). The molecule has 0 atom stereocenters. The lowest BCUT2D eigenvalue weighted by atomic mass is 10.2. The van der Waals surface area contributed by atoms with Gasteiger partial charge in [0.15, 0.2) is 0 Å². The van der Waals surface area contributed by atoms with Gasteiger partial charge in [0.2, 0.25) is 0 Å². The van der Waals surface area contributed by atoms with Crippen LogP contribution in [0.2, 0.25) is 0 Å². The smallest absolute Gasteiger partial charge is 0.338 e. The summed E-state index contributed by atoms with van der Waals surface area (Å²) in [5.41, 5.74) is 11.4. The molecule has 0 aliphatic carbocycles. The van der Waals surface area contributed by atoms with Crippen molar-refractivity contribution in [3.63, 3.8) is 0 Å². The number of nitrogens with two attached hydrogens (primary N) is 1. The summed E-state index contributed by atoms with van der Waals surface area (Å²) < 4.78 is 7.01. The lowest BCUT2D eigenvalue weighted by molar-refractivity contribution is 0.0526. The van der Waals surface area contributed by atoms with E-state index in [0.29, 0.717) is 12.2 Å². The van der Waals surface area contributed by atoms with Gasteiger partial charge < -0.3 is 15.0 Å². The van der Waals surface area contributed by atoms with Crippen LogP contribution >= 0.6 is 0 Å². The topological polar surface area (TPSA) is 98.7 Å². The zero-order valence-corrected chi connectivity index (χ0v) is 13.9. The number of aryl methyl sites for hydroxylation is 1. The molecule has 0 fully saturated rings. The predicted molar refractivity (Wildman–Crippen MR) is 91.5 cm³/mol. The largest absolute Gasteiger partial charge is 0.462 e. The zero-order chi connectivity index (χ0) is 17.7. The highest BCUT2D eigenvalue weighted by atomic mass is 16.5. The van der Waals surface area contributed by atoms with Gasteiger partial charge in [0.1, 0.15) is 0 Å². The van der Waals surface area contributed by atoms with Gasteiger partial charge in [0, 0.05) is 22.6 Å². The third-order valence-electron chi connectivity index (χ3n) is 3.49. The molecule has 1 aromatic carbocycles. The first-order valence-electron chi connectivity index (χ1n) is 7.49. The van der Waals surface area contributed by atoms with E-state index in [4.69, 9.17) is 10.5 Å². The molecule has 7 heteroatoms. The number of carbonyl (C=O) groups is 2. The van der Waals surface area contributed by atoms with Crippen molar-refractivity contribution in [2.24, 2.45) is 10.8 Å². The van der Waals surface area contributed by atoms with Crippen LogP contribution in [0.5, 0.6) is 0 Å². The Balaban J connectivity index is 2.29. The van der Waals surface area contributed by atoms with Crippen molar-refractivity contribution < 1.29 is 14.3 Å². The molecular weight excluding hydrogens is 308 g/mol. The Labute approximate surface area is 140 Å². The van der Waals surface area contributed by atoms with Crippen LogP contribution in [0.25, 0.3) is 5.69 Å². The van der Waals surface area contributed by atoms with E-state index in [-0.39, 0.29) is 5.97 Å². The maximum absolute atomic E-state index is 11.7. The van der Waals surface area contributed by atoms with Gasteiger partial charge in [-0.2, -0.15) is 5.10 Å². The molecule has 7 nitrogen and oxygen atoms in total. The molecule has 0 saturated heterocycles. The van der Waals surface area contributed by atoms with Crippen LogP contribution < -0.4 is 11.2 Å². The average molecular weight is 328 g/mol. The molecule has 0 bridgehead atoms. The maximum atomic E-state index is 11.7. The summed E-state index contributed by atoms with van der Waals surface area (Å²) >= 11 is 0. The second-order valence-corrected chi connectivity index (χ2v) is 5.16. The van der Waals surface area contributed by atoms with E-state index in [1.165, 1.54) is 6.21 Å². The lowest BCUT2D eigenvalue weighted by Gasteiger charge is -2.10.